The Balaban J connectivity index is 1.86. The van der Waals surface area contributed by atoms with Gasteiger partial charge in [-0.1, -0.05) is 18.7 Å². The maximum absolute atomic E-state index is 12.5. The Hall–Kier alpha value is -2.15. The second-order valence-corrected chi connectivity index (χ2v) is 6.52. The monoisotopic (exact) mass is 352 g/mol. The van der Waals surface area contributed by atoms with Gasteiger partial charge in [-0.25, -0.2) is 4.79 Å². The van der Waals surface area contributed by atoms with Gasteiger partial charge in [0.2, 0.25) is 0 Å². The van der Waals surface area contributed by atoms with Crippen LogP contribution in [0.2, 0.25) is 0 Å². The number of carbonyl (C=O) groups excluding carboxylic acids is 3. The largest absolute Gasteiger partial charge is 0.462 e. The highest BCUT2D eigenvalue weighted by molar-refractivity contribution is 5.87. The highest BCUT2D eigenvalue weighted by Gasteiger charge is 2.47. The van der Waals surface area contributed by atoms with Crippen molar-refractivity contribution in [2.24, 2.45) is 11.3 Å². The first-order chi connectivity index (χ1) is 11.8. The summed E-state index contributed by atoms with van der Waals surface area (Å²) >= 11 is 0. The lowest BCUT2D eigenvalue weighted by atomic mass is 9.70. The molecule has 25 heavy (non-hydrogen) atoms. The van der Waals surface area contributed by atoms with Gasteiger partial charge in [-0.05, 0) is 26.7 Å². The van der Waals surface area contributed by atoms with Crippen molar-refractivity contribution in [2.75, 3.05) is 26.4 Å². The summed E-state index contributed by atoms with van der Waals surface area (Å²) in [6, 6.07) is 0. The molecule has 138 valence electrons. The molecule has 0 aromatic heterocycles. The number of esters is 3. The quantitative estimate of drug-likeness (QED) is 0.163. The van der Waals surface area contributed by atoms with Crippen molar-refractivity contribution < 1.29 is 33.3 Å². The Bertz CT molecular complexity index is 576. The summed E-state index contributed by atoms with van der Waals surface area (Å²) in [7, 11) is 0. The molecule has 1 aliphatic heterocycles. The molecule has 0 bridgehead atoms. The molecule has 0 saturated carbocycles. The van der Waals surface area contributed by atoms with E-state index < -0.39 is 29.2 Å². The Morgan fingerprint density at radius 2 is 1.88 bits per heavy atom. The predicted molar refractivity (Wildman–Crippen MR) is 87.4 cm³/mol. The minimum absolute atomic E-state index is 0.0277. The van der Waals surface area contributed by atoms with Crippen LogP contribution in [0.1, 0.15) is 26.7 Å². The number of ether oxygens (including phenoxy) is 4. The molecule has 2 aliphatic rings. The van der Waals surface area contributed by atoms with Gasteiger partial charge in [0.05, 0.1) is 17.9 Å². The van der Waals surface area contributed by atoms with E-state index in [9.17, 15) is 14.4 Å². The van der Waals surface area contributed by atoms with E-state index in [1.54, 1.807) is 6.92 Å². The third kappa shape index (κ3) is 5.16. The van der Waals surface area contributed by atoms with Gasteiger partial charge in [0.1, 0.15) is 25.9 Å². The summed E-state index contributed by atoms with van der Waals surface area (Å²) in [6.45, 7) is 7.38. The lowest BCUT2D eigenvalue weighted by Gasteiger charge is -2.35. The number of carbonyl (C=O) groups is 3. The number of hydrogen-bond donors (Lipinski definition) is 0. The fraction of sp³-hybridized carbons (Fsp3) is 0.611. The van der Waals surface area contributed by atoms with E-state index >= 15 is 0 Å². The zero-order valence-electron chi connectivity index (χ0n) is 14.6. The zero-order chi connectivity index (χ0) is 18.4. The smallest absolute Gasteiger partial charge is 0.333 e. The molecular formula is C18H24O7. The molecule has 7 nitrogen and oxygen atoms in total. The van der Waals surface area contributed by atoms with Crippen LogP contribution in [0, 0.1) is 11.3 Å². The summed E-state index contributed by atoms with van der Waals surface area (Å²) in [6.07, 6.45) is 4.50. The van der Waals surface area contributed by atoms with E-state index in [2.05, 4.69) is 6.58 Å². The maximum Gasteiger partial charge on any atom is 0.333 e. The van der Waals surface area contributed by atoms with Crippen LogP contribution in [0.15, 0.2) is 24.3 Å². The molecule has 3 atom stereocenters. The van der Waals surface area contributed by atoms with E-state index in [4.69, 9.17) is 18.9 Å². The van der Waals surface area contributed by atoms with Gasteiger partial charge in [0.15, 0.2) is 0 Å². The second-order valence-electron chi connectivity index (χ2n) is 6.52. The van der Waals surface area contributed by atoms with Crippen LogP contribution in [0.25, 0.3) is 0 Å². The van der Waals surface area contributed by atoms with Crippen LogP contribution < -0.4 is 0 Å². The Labute approximate surface area is 146 Å². The molecule has 1 heterocycles. The predicted octanol–water partition coefficient (Wildman–Crippen LogP) is 1.56. The van der Waals surface area contributed by atoms with Crippen LogP contribution in [0.3, 0.4) is 0 Å². The average molecular weight is 352 g/mol. The molecule has 0 spiro atoms. The van der Waals surface area contributed by atoms with E-state index in [1.807, 2.05) is 12.2 Å². The van der Waals surface area contributed by atoms with Gasteiger partial charge >= 0.3 is 17.9 Å². The van der Waals surface area contributed by atoms with E-state index in [0.29, 0.717) is 19.4 Å². The van der Waals surface area contributed by atoms with Crippen molar-refractivity contribution in [3.8, 4) is 0 Å². The second kappa shape index (κ2) is 8.29. The molecular weight excluding hydrogens is 328 g/mol. The first-order valence-electron chi connectivity index (χ1n) is 8.27. The highest BCUT2D eigenvalue weighted by Crippen LogP contribution is 2.40. The van der Waals surface area contributed by atoms with Gasteiger partial charge in [0, 0.05) is 5.57 Å². The molecule has 0 radical (unpaired) electrons. The summed E-state index contributed by atoms with van der Waals surface area (Å²) in [5.41, 5.74) is -0.700. The van der Waals surface area contributed by atoms with Gasteiger partial charge in [-0.3, -0.25) is 9.59 Å². The zero-order valence-corrected chi connectivity index (χ0v) is 14.6. The fourth-order valence-corrected chi connectivity index (χ4v) is 2.54. The SMILES string of the molecule is C=C(C)C(=O)OCCOC(=O)C1CC=CCC1(C)C(=O)OCC1CO1. The number of hydrogen-bond acceptors (Lipinski definition) is 7. The van der Waals surface area contributed by atoms with E-state index in [1.165, 1.54) is 6.92 Å². The first-order valence-corrected chi connectivity index (χ1v) is 8.27. The van der Waals surface area contributed by atoms with Gasteiger partial charge in [-0.15, -0.1) is 0 Å². The Morgan fingerprint density at radius 1 is 1.20 bits per heavy atom. The van der Waals surface area contributed by atoms with E-state index in [-0.39, 0.29) is 31.5 Å². The van der Waals surface area contributed by atoms with Crippen molar-refractivity contribution >= 4 is 17.9 Å². The Morgan fingerprint density at radius 3 is 2.52 bits per heavy atom. The summed E-state index contributed by atoms with van der Waals surface area (Å²) in [5, 5.41) is 0. The molecule has 0 aromatic carbocycles. The van der Waals surface area contributed by atoms with Crippen LogP contribution >= 0.6 is 0 Å². The van der Waals surface area contributed by atoms with Crippen LogP contribution in [-0.4, -0.2) is 50.4 Å². The molecule has 3 unspecified atom stereocenters. The maximum atomic E-state index is 12.5. The minimum Gasteiger partial charge on any atom is -0.462 e. The summed E-state index contributed by atoms with van der Waals surface area (Å²) in [4.78, 5) is 36.1. The van der Waals surface area contributed by atoms with Crippen molar-refractivity contribution in [3.05, 3.63) is 24.3 Å². The van der Waals surface area contributed by atoms with Crippen molar-refractivity contribution in [1.29, 1.82) is 0 Å². The van der Waals surface area contributed by atoms with Crippen LogP contribution in [-0.2, 0) is 33.3 Å². The van der Waals surface area contributed by atoms with Crippen LogP contribution in [0.5, 0.6) is 0 Å². The van der Waals surface area contributed by atoms with E-state index in [0.717, 1.165) is 0 Å². The van der Waals surface area contributed by atoms with Gasteiger partial charge in [0.25, 0.3) is 0 Å². The molecule has 0 aromatic rings. The van der Waals surface area contributed by atoms with Crippen LogP contribution in [0.4, 0.5) is 0 Å². The van der Waals surface area contributed by atoms with Crippen molar-refractivity contribution in [1.82, 2.24) is 0 Å². The van der Waals surface area contributed by atoms with Crippen molar-refractivity contribution in [2.45, 2.75) is 32.8 Å². The Kier molecular flexibility index (Phi) is 6.36. The number of allylic oxidation sites excluding steroid dienone is 2. The molecule has 0 N–H and O–H groups in total. The van der Waals surface area contributed by atoms with Gasteiger partial charge in [-0.2, -0.15) is 0 Å². The topological polar surface area (TPSA) is 91.4 Å². The molecule has 0 amide bonds. The van der Waals surface area contributed by atoms with Crippen molar-refractivity contribution in [3.63, 3.8) is 0 Å². The average Bonchev–Trinajstić information content (AvgIpc) is 3.40. The lowest BCUT2D eigenvalue weighted by molar-refractivity contribution is -0.170. The normalized spacial score (nSPS) is 27.3. The summed E-state index contributed by atoms with van der Waals surface area (Å²) in [5.74, 6) is -2.10. The third-order valence-corrected chi connectivity index (χ3v) is 4.31. The number of epoxide rings is 1. The minimum atomic E-state index is -0.977. The summed E-state index contributed by atoms with van der Waals surface area (Å²) < 4.78 is 20.4. The molecule has 1 fully saturated rings. The molecule has 1 aliphatic carbocycles. The molecule has 2 rings (SSSR count). The standard InChI is InChI=1S/C18H24O7/c1-12(2)15(19)22-8-9-23-16(20)14-6-4-5-7-18(14,3)17(21)25-11-13-10-24-13/h4-5,13-14H,1,6-11H2,2-3H3. The first kappa shape index (κ1) is 19.2. The molecule has 7 heteroatoms. The van der Waals surface area contributed by atoms with Gasteiger partial charge < -0.3 is 18.9 Å². The fourth-order valence-electron chi connectivity index (χ4n) is 2.54. The lowest BCUT2D eigenvalue weighted by Crippen LogP contribution is -2.43. The molecule has 1 saturated heterocycles. The third-order valence-electron chi connectivity index (χ3n) is 4.31. The highest BCUT2D eigenvalue weighted by atomic mass is 16.6. The number of rotatable bonds is 8.